The summed E-state index contributed by atoms with van der Waals surface area (Å²) in [5.74, 6) is -0.423. The minimum absolute atomic E-state index is 0.0580. The first-order valence-corrected chi connectivity index (χ1v) is 8.06. The van der Waals surface area contributed by atoms with Crippen molar-refractivity contribution in [2.24, 2.45) is 0 Å². The number of rotatable bonds is 2. The number of hydrogen-bond donors (Lipinski definition) is 0. The molecule has 0 aromatic heterocycles. The van der Waals surface area contributed by atoms with Gasteiger partial charge in [-0.2, -0.15) is 0 Å². The number of benzene rings is 1. The van der Waals surface area contributed by atoms with Gasteiger partial charge in [0.2, 0.25) is 0 Å². The molecule has 18 heavy (non-hydrogen) atoms. The number of ketones is 2. The minimum Gasteiger partial charge on any atom is -0.293 e. The molecule has 0 bridgehead atoms. The zero-order valence-corrected chi connectivity index (χ0v) is 12.2. The molecule has 2 rings (SSSR count). The van der Waals surface area contributed by atoms with Crippen LogP contribution in [-0.2, 0) is 4.79 Å². The van der Waals surface area contributed by atoms with Gasteiger partial charge < -0.3 is 0 Å². The van der Waals surface area contributed by atoms with Crippen molar-refractivity contribution in [2.45, 2.75) is 12.8 Å². The number of allylic oxidation sites excluding steroid dienone is 1. The van der Waals surface area contributed by atoms with E-state index in [4.69, 9.17) is 0 Å². The van der Waals surface area contributed by atoms with Gasteiger partial charge in [-0.3, -0.25) is 9.59 Å². The average molecular weight is 278 g/mol. The minimum atomic E-state index is -0.233. The Kier molecular flexibility index (Phi) is 3.97. The third kappa shape index (κ3) is 2.04. The quantitative estimate of drug-likeness (QED) is 0.612. The predicted molar refractivity (Wildman–Crippen MR) is 78.3 cm³/mol. The molecule has 94 valence electrons. The lowest BCUT2D eigenvalue weighted by atomic mass is 9.80. The molecule has 1 aromatic carbocycles. The summed E-state index contributed by atoms with van der Waals surface area (Å²) in [7, 11) is 0. The van der Waals surface area contributed by atoms with Gasteiger partial charge in [-0.05, 0) is 18.1 Å². The predicted octanol–water partition coefficient (Wildman–Crippen LogP) is 3.49. The molecule has 0 aliphatic heterocycles. The SMILES string of the molecule is CSC(SC)=C1C(=O)c2ccccc2C(C)C1=O. The molecule has 1 aliphatic rings. The van der Waals surface area contributed by atoms with Crippen LogP contribution in [0.4, 0.5) is 0 Å². The van der Waals surface area contributed by atoms with Gasteiger partial charge >= 0.3 is 0 Å². The van der Waals surface area contributed by atoms with Crippen LogP contribution in [0.1, 0.15) is 28.8 Å². The molecular weight excluding hydrogens is 264 g/mol. The van der Waals surface area contributed by atoms with Crippen LogP contribution in [0.2, 0.25) is 0 Å². The van der Waals surface area contributed by atoms with Gasteiger partial charge in [0.25, 0.3) is 0 Å². The normalized spacial score (nSPS) is 18.8. The van der Waals surface area contributed by atoms with Crippen LogP contribution >= 0.6 is 23.5 Å². The number of carbonyl (C=O) groups is 2. The van der Waals surface area contributed by atoms with Crippen LogP contribution in [0.5, 0.6) is 0 Å². The van der Waals surface area contributed by atoms with Gasteiger partial charge in [0, 0.05) is 11.5 Å². The molecule has 2 nitrogen and oxygen atoms in total. The maximum atomic E-state index is 12.4. The molecule has 1 aromatic rings. The molecule has 0 amide bonds. The van der Waals surface area contributed by atoms with E-state index in [1.54, 1.807) is 6.07 Å². The van der Waals surface area contributed by atoms with Crippen LogP contribution in [-0.4, -0.2) is 24.1 Å². The van der Waals surface area contributed by atoms with Crippen molar-refractivity contribution in [3.05, 3.63) is 45.2 Å². The standard InChI is InChI=1S/C14H14O2S2/c1-8-9-6-4-5-7-10(9)13(16)11(12(8)15)14(17-2)18-3/h4-8H,1-3H3. The molecule has 0 saturated heterocycles. The van der Waals surface area contributed by atoms with Crippen molar-refractivity contribution in [1.29, 1.82) is 0 Å². The highest BCUT2D eigenvalue weighted by Crippen LogP contribution is 2.37. The van der Waals surface area contributed by atoms with Crippen molar-refractivity contribution in [3.8, 4) is 0 Å². The molecule has 1 atom stereocenters. The lowest BCUT2D eigenvalue weighted by molar-refractivity contribution is -0.116. The Hall–Kier alpha value is -1.00. The summed E-state index contributed by atoms with van der Waals surface area (Å²) in [6.45, 7) is 1.87. The summed E-state index contributed by atoms with van der Waals surface area (Å²) < 4.78 is 0.811. The molecule has 0 radical (unpaired) electrons. The van der Waals surface area contributed by atoms with E-state index in [9.17, 15) is 9.59 Å². The van der Waals surface area contributed by atoms with Crippen LogP contribution in [0.3, 0.4) is 0 Å². The van der Waals surface area contributed by atoms with Crippen molar-refractivity contribution in [2.75, 3.05) is 12.5 Å². The topological polar surface area (TPSA) is 34.1 Å². The highest BCUT2D eigenvalue weighted by Gasteiger charge is 2.35. The third-order valence-corrected chi connectivity index (χ3v) is 5.26. The first-order valence-electron chi connectivity index (χ1n) is 5.62. The van der Waals surface area contributed by atoms with E-state index in [2.05, 4.69) is 0 Å². The molecular formula is C14H14O2S2. The van der Waals surface area contributed by atoms with E-state index in [1.807, 2.05) is 37.6 Å². The fourth-order valence-electron chi connectivity index (χ4n) is 2.17. The van der Waals surface area contributed by atoms with E-state index in [1.165, 1.54) is 23.5 Å². The Morgan fingerprint density at radius 2 is 1.72 bits per heavy atom. The molecule has 1 aliphatic carbocycles. The second kappa shape index (κ2) is 5.33. The highest BCUT2D eigenvalue weighted by atomic mass is 32.2. The summed E-state index contributed by atoms with van der Waals surface area (Å²) >= 11 is 2.92. The Morgan fingerprint density at radius 1 is 1.11 bits per heavy atom. The van der Waals surface area contributed by atoms with Crippen molar-refractivity contribution >= 4 is 35.1 Å². The van der Waals surface area contributed by atoms with Gasteiger partial charge in [-0.1, -0.05) is 31.2 Å². The average Bonchev–Trinajstić information content (AvgIpc) is 2.41. The summed E-state index contributed by atoms with van der Waals surface area (Å²) in [5.41, 5.74) is 1.87. The number of hydrogen-bond acceptors (Lipinski definition) is 4. The monoisotopic (exact) mass is 278 g/mol. The van der Waals surface area contributed by atoms with Gasteiger partial charge in [0.05, 0.1) is 9.81 Å². The molecule has 4 heteroatoms. The van der Waals surface area contributed by atoms with Crippen molar-refractivity contribution in [3.63, 3.8) is 0 Å². The number of thioether (sulfide) groups is 2. The Balaban J connectivity index is 2.66. The number of Topliss-reactive ketones (excluding diaryl/α,β-unsaturated/α-hetero) is 2. The van der Waals surface area contributed by atoms with Gasteiger partial charge in [-0.25, -0.2) is 0 Å². The molecule has 0 heterocycles. The maximum Gasteiger partial charge on any atom is 0.198 e. The highest BCUT2D eigenvalue weighted by molar-refractivity contribution is 8.21. The number of fused-ring (bicyclic) bond motifs is 1. The van der Waals surface area contributed by atoms with Gasteiger partial charge in [0.1, 0.15) is 0 Å². The van der Waals surface area contributed by atoms with Crippen LogP contribution in [0.25, 0.3) is 0 Å². The summed E-state index contributed by atoms with van der Waals surface area (Å²) in [6.07, 6.45) is 3.79. The largest absolute Gasteiger partial charge is 0.293 e. The molecule has 1 unspecified atom stereocenters. The second-order valence-electron chi connectivity index (χ2n) is 4.07. The van der Waals surface area contributed by atoms with Crippen LogP contribution < -0.4 is 0 Å². The fourth-order valence-corrected chi connectivity index (χ4v) is 3.63. The fraction of sp³-hybridized carbons (Fsp3) is 0.286. The third-order valence-electron chi connectivity index (χ3n) is 3.11. The van der Waals surface area contributed by atoms with Crippen LogP contribution in [0.15, 0.2) is 34.1 Å². The molecule has 0 saturated carbocycles. The molecule has 0 N–H and O–H groups in total. The summed E-state index contributed by atoms with van der Waals surface area (Å²) in [5, 5.41) is 0. The van der Waals surface area contributed by atoms with E-state index >= 15 is 0 Å². The van der Waals surface area contributed by atoms with E-state index in [0.717, 1.165) is 9.80 Å². The zero-order chi connectivity index (χ0) is 13.3. The molecule has 0 spiro atoms. The Bertz CT molecular complexity index is 540. The zero-order valence-electron chi connectivity index (χ0n) is 10.5. The maximum absolute atomic E-state index is 12.4. The summed E-state index contributed by atoms with van der Waals surface area (Å²) in [4.78, 5) is 24.8. The summed E-state index contributed by atoms with van der Waals surface area (Å²) in [6, 6.07) is 7.38. The van der Waals surface area contributed by atoms with E-state index < -0.39 is 0 Å². The smallest absolute Gasteiger partial charge is 0.198 e. The second-order valence-corrected chi connectivity index (χ2v) is 5.96. The lowest BCUT2D eigenvalue weighted by Gasteiger charge is -2.23. The van der Waals surface area contributed by atoms with Crippen molar-refractivity contribution in [1.82, 2.24) is 0 Å². The van der Waals surface area contributed by atoms with E-state index in [-0.39, 0.29) is 17.5 Å². The molecule has 0 fully saturated rings. The van der Waals surface area contributed by atoms with Crippen LogP contribution in [0, 0.1) is 0 Å². The first kappa shape index (κ1) is 13.4. The number of carbonyl (C=O) groups excluding carboxylic acids is 2. The van der Waals surface area contributed by atoms with E-state index in [0.29, 0.717) is 11.1 Å². The Labute approximate surface area is 115 Å². The Morgan fingerprint density at radius 3 is 2.33 bits per heavy atom. The first-order chi connectivity index (χ1) is 8.61. The van der Waals surface area contributed by atoms with Crippen molar-refractivity contribution < 1.29 is 9.59 Å². The van der Waals surface area contributed by atoms with Gasteiger partial charge in [0.15, 0.2) is 11.6 Å². The lowest BCUT2D eigenvalue weighted by Crippen LogP contribution is -2.27. The van der Waals surface area contributed by atoms with Gasteiger partial charge in [-0.15, -0.1) is 23.5 Å².